The molecule has 14 nitrogen and oxygen atoms in total. The molecule has 51 heavy (non-hydrogen) atoms. The first-order valence-electron chi connectivity index (χ1n) is 18.4. The maximum atomic E-state index is 14.1. The summed E-state index contributed by atoms with van der Waals surface area (Å²) in [5.74, 6) is -0.316. The van der Waals surface area contributed by atoms with Crippen LogP contribution in [0.25, 0.3) is 0 Å². The average Bonchev–Trinajstić information content (AvgIpc) is 3.66. The van der Waals surface area contributed by atoms with Crippen LogP contribution in [-0.2, 0) is 31.9 Å². The largest absolute Gasteiger partial charge is 0.434 e. The lowest BCUT2D eigenvalue weighted by atomic mass is 9.83. The number of imidazole rings is 1. The van der Waals surface area contributed by atoms with E-state index in [0.717, 1.165) is 47.7 Å². The Morgan fingerprint density at radius 3 is 2.33 bits per heavy atom. The Morgan fingerprint density at radius 2 is 1.69 bits per heavy atom. The van der Waals surface area contributed by atoms with E-state index < -0.39 is 48.2 Å². The molecular formula is C37H57N7O7. The smallest absolute Gasteiger partial charge is 0.429 e. The lowest BCUT2D eigenvalue weighted by Gasteiger charge is -2.35. The van der Waals surface area contributed by atoms with Crippen molar-refractivity contribution in [2.24, 2.45) is 11.8 Å². The topological polar surface area (TPSA) is 169 Å². The maximum Gasteiger partial charge on any atom is 0.429 e. The third-order valence-electron chi connectivity index (χ3n) is 9.83. The van der Waals surface area contributed by atoms with Crippen LogP contribution in [0.3, 0.4) is 0 Å². The van der Waals surface area contributed by atoms with E-state index in [9.17, 15) is 24.3 Å². The molecule has 2 fully saturated rings. The van der Waals surface area contributed by atoms with Gasteiger partial charge in [0, 0.05) is 51.9 Å². The van der Waals surface area contributed by atoms with Crippen LogP contribution in [0.15, 0.2) is 42.9 Å². The van der Waals surface area contributed by atoms with E-state index in [4.69, 9.17) is 9.47 Å². The number of urea groups is 1. The molecule has 0 radical (unpaired) electrons. The van der Waals surface area contributed by atoms with Crippen molar-refractivity contribution in [2.45, 2.75) is 102 Å². The van der Waals surface area contributed by atoms with E-state index in [1.54, 1.807) is 11.1 Å². The number of aromatic amines is 1. The minimum atomic E-state index is -1.33. The molecular weight excluding hydrogens is 654 g/mol. The molecule has 4 atom stereocenters. The summed E-state index contributed by atoms with van der Waals surface area (Å²) in [6.45, 7) is 5.79. The van der Waals surface area contributed by atoms with Crippen molar-refractivity contribution in [1.82, 2.24) is 35.5 Å². The first-order valence-corrected chi connectivity index (χ1v) is 18.4. The summed E-state index contributed by atoms with van der Waals surface area (Å²) in [6.07, 6.45) is 7.87. The number of H-pyrrole nitrogens is 1. The number of aromatic nitrogens is 2. The molecule has 2 aliphatic rings. The fourth-order valence-electron chi connectivity index (χ4n) is 6.60. The number of amides is 5. The molecule has 1 aromatic heterocycles. The van der Waals surface area contributed by atoms with E-state index in [2.05, 4.69) is 34.4 Å². The molecule has 3 unspecified atom stereocenters. The number of carbonyl (C=O) groups excluding carboxylic acids is 4. The van der Waals surface area contributed by atoms with Gasteiger partial charge in [-0.1, -0.05) is 76.3 Å². The fourth-order valence-corrected chi connectivity index (χ4v) is 6.60. The zero-order chi connectivity index (χ0) is 36.8. The summed E-state index contributed by atoms with van der Waals surface area (Å²) < 4.78 is 11.1. The van der Waals surface area contributed by atoms with Gasteiger partial charge in [0.15, 0.2) is 6.10 Å². The predicted molar refractivity (Wildman–Crippen MR) is 191 cm³/mol. The van der Waals surface area contributed by atoms with Crippen molar-refractivity contribution >= 4 is 23.9 Å². The molecule has 2 heterocycles. The Balaban J connectivity index is 1.52. The van der Waals surface area contributed by atoms with Gasteiger partial charge in [0.2, 0.25) is 5.91 Å². The van der Waals surface area contributed by atoms with Crippen LogP contribution in [0.2, 0.25) is 0 Å². The van der Waals surface area contributed by atoms with Gasteiger partial charge < -0.3 is 35.1 Å². The van der Waals surface area contributed by atoms with Crippen LogP contribution in [0.4, 0.5) is 9.59 Å². The monoisotopic (exact) mass is 711 g/mol. The van der Waals surface area contributed by atoms with Crippen molar-refractivity contribution in [1.29, 1.82) is 0 Å². The van der Waals surface area contributed by atoms with E-state index in [1.807, 2.05) is 30.3 Å². The molecule has 1 aliphatic carbocycles. The number of aliphatic hydroxyl groups is 1. The highest BCUT2D eigenvalue weighted by atomic mass is 16.6. The molecule has 5 amide bonds. The minimum absolute atomic E-state index is 0.0317. The number of aliphatic hydroxyl groups excluding tert-OH is 1. The summed E-state index contributed by atoms with van der Waals surface area (Å²) in [5, 5.41) is 19.4. The Hall–Kier alpha value is -4.17. The van der Waals surface area contributed by atoms with Crippen LogP contribution >= 0.6 is 0 Å². The molecule has 2 aromatic rings. The van der Waals surface area contributed by atoms with Crippen molar-refractivity contribution < 1.29 is 33.8 Å². The molecule has 1 aliphatic heterocycles. The molecule has 1 aromatic carbocycles. The van der Waals surface area contributed by atoms with E-state index in [0.29, 0.717) is 56.7 Å². The predicted octanol–water partition coefficient (Wildman–Crippen LogP) is 3.67. The van der Waals surface area contributed by atoms with E-state index in [1.165, 1.54) is 26.8 Å². The second-order valence-corrected chi connectivity index (χ2v) is 14.2. The standard InChI is InChI=1S/C37H57N7O7/c1-26(2)15-16-32(45)30(21-27-11-7-5-8-12-27)40-34(46)31(23-29-24-38-25-39-29)41-35(47)33(22-28-13-9-6-10-14-28)51-37(49)43(4)42(3)36(48)44-17-19-50-20-18-44/h6,9-10,13-14,24-27,30-33,45H,5,7-8,11-12,15-23H2,1-4H3,(H,38,39)(H,40,46)(H,41,47)/t30?,31-,32?,33?/m0/s1. The van der Waals surface area contributed by atoms with Crippen molar-refractivity contribution in [2.75, 3.05) is 40.4 Å². The number of benzene rings is 1. The highest BCUT2D eigenvalue weighted by Crippen LogP contribution is 2.29. The molecule has 4 N–H and O–H groups in total. The molecule has 0 bridgehead atoms. The van der Waals surface area contributed by atoms with E-state index >= 15 is 0 Å². The number of hydrogen-bond donors (Lipinski definition) is 4. The van der Waals surface area contributed by atoms with Gasteiger partial charge in [-0.15, -0.1) is 0 Å². The van der Waals surface area contributed by atoms with Crippen LogP contribution < -0.4 is 10.6 Å². The second kappa shape index (κ2) is 20.0. The third-order valence-corrected chi connectivity index (χ3v) is 9.83. The van der Waals surface area contributed by atoms with Crippen LogP contribution in [0.5, 0.6) is 0 Å². The summed E-state index contributed by atoms with van der Waals surface area (Å²) >= 11 is 0. The molecule has 4 rings (SSSR count). The SMILES string of the molecule is CC(C)CCC(O)C(CC1CCCCC1)NC(=O)[C@H](Cc1cnc[nH]1)NC(=O)C(Cc1ccccc1)OC(=O)N(C)N(C)C(=O)N1CCOCC1. The molecule has 14 heteroatoms. The zero-order valence-corrected chi connectivity index (χ0v) is 30.6. The van der Waals surface area contributed by atoms with Crippen molar-refractivity contribution in [3.05, 3.63) is 54.1 Å². The van der Waals surface area contributed by atoms with Gasteiger partial charge in [-0.05, 0) is 36.7 Å². The number of rotatable bonds is 15. The number of nitrogens with zero attached hydrogens (tertiary/aromatic N) is 4. The minimum Gasteiger partial charge on any atom is -0.434 e. The number of nitrogens with one attached hydrogen (secondary N) is 3. The lowest BCUT2D eigenvalue weighted by molar-refractivity contribution is -0.135. The van der Waals surface area contributed by atoms with Gasteiger partial charge in [-0.3, -0.25) is 9.59 Å². The number of carbonyl (C=O) groups is 4. The van der Waals surface area contributed by atoms with Gasteiger partial charge in [0.25, 0.3) is 5.91 Å². The number of morpholine rings is 1. The summed E-state index contributed by atoms with van der Waals surface area (Å²) in [4.78, 5) is 63.3. The zero-order valence-electron chi connectivity index (χ0n) is 30.6. The Kier molecular flexibility index (Phi) is 15.5. The van der Waals surface area contributed by atoms with Gasteiger partial charge >= 0.3 is 12.1 Å². The first kappa shape index (κ1) is 39.6. The lowest BCUT2D eigenvalue weighted by Crippen LogP contribution is -2.56. The normalized spacial score (nSPS) is 17.6. The molecule has 1 saturated carbocycles. The fraction of sp³-hybridized carbons (Fsp3) is 0.649. The van der Waals surface area contributed by atoms with E-state index in [-0.39, 0.29) is 12.8 Å². The molecule has 1 saturated heterocycles. The molecule has 282 valence electrons. The van der Waals surface area contributed by atoms with Crippen molar-refractivity contribution in [3.63, 3.8) is 0 Å². The molecule has 0 spiro atoms. The van der Waals surface area contributed by atoms with Crippen LogP contribution in [0.1, 0.15) is 76.5 Å². The third kappa shape index (κ3) is 12.5. The van der Waals surface area contributed by atoms with Gasteiger partial charge in [-0.25, -0.2) is 24.6 Å². The summed E-state index contributed by atoms with van der Waals surface area (Å²) in [7, 11) is 2.85. The van der Waals surface area contributed by atoms with Gasteiger partial charge in [0.1, 0.15) is 6.04 Å². The Morgan fingerprint density at radius 1 is 0.980 bits per heavy atom. The maximum absolute atomic E-state index is 14.1. The average molecular weight is 712 g/mol. The highest BCUT2D eigenvalue weighted by molar-refractivity contribution is 5.91. The van der Waals surface area contributed by atoms with Gasteiger partial charge in [-0.2, -0.15) is 0 Å². The van der Waals surface area contributed by atoms with Gasteiger partial charge in [0.05, 0.1) is 31.7 Å². The summed E-state index contributed by atoms with van der Waals surface area (Å²) in [6, 6.07) is 7.16. The Labute approximate surface area is 301 Å². The van der Waals surface area contributed by atoms with Crippen LogP contribution in [-0.4, -0.2) is 119 Å². The summed E-state index contributed by atoms with van der Waals surface area (Å²) in [5.41, 5.74) is 1.36. The van der Waals surface area contributed by atoms with Crippen molar-refractivity contribution in [3.8, 4) is 0 Å². The number of ether oxygens (including phenoxy) is 2. The Bertz CT molecular complexity index is 1360. The van der Waals surface area contributed by atoms with Crippen LogP contribution in [0, 0.1) is 11.8 Å². The number of hydrazine groups is 1. The quantitative estimate of drug-likeness (QED) is 0.203. The first-order chi connectivity index (χ1) is 24.5. The number of hydrogen-bond acceptors (Lipinski definition) is 8. The highest BCUT2D eigenvalue weighted by Gasteiger charge is 2.34. The second-order valence-electron chi connectivity index (χ2n) is 14.2.